The van der Waals surface area contributed by atoms with Gasteiger partial charge in [0.15, 0.2) is 0 Å². The standard InChI is InChI=1S/C18H17F4N5O2S/c1-9-15(17(28)25-11-6-12(8-23)24-14(19)7-11)27-5-3-4-13(27)16(9)30-26-10(2)29-18(20,21)22/h6-7,10,26H,3-5H2,1-2H3,(H,24,25,28). The average molecular weight is 443 g/mol. The Bertz CT molecular complexity index is 1020. The third kappa shape index (κ3) is 4.92. The van der Waals surface area contributed by atoms with Crippen LogP contribution in [0.15, 0.2) is 17.0 Å². The maximum absolute atomic E-state index is 13.5. The number of aromatic nitrogens is 2. The normalized spacial score (nSPS) is 14.3. The lowest BCUT2D eigenvalue weighted by Gasteiger charge is -2.16. The van der Waals surface area contributed by atoms with Gasteiger partial charge < -0.3 is 9.88 Å². The molecule has 12 heteroatoms. The van der Waals surface area contributed by atoms with Crippen LogP contribution in [0.4, 0.5) is 23.2 Å². The predicted molar refractivity (Wildman–Crippen MR) is 99.9 cm³/mol. The number of hydrogen-bond donors (Lipinski definition) is 2. The Hall–Kier alpha value is -2.62. The fourth-order valence-corrected chi connectivity index (χ4v) is 4.21. The van der Waals surface area contributed by atoms with Crippen LogP contribution in [0.2, 0.25) is 0 Å². The highest BCUT2D eigenvalue weighted by molar-refractivity contribution is 7.97. The van der Waals surface area contributed by atoms with Gasteiger partial charge >= 0.3 is 6.36 Å². The van der Waals surface area contributed by atoms with E-state index in [0.29, 0.717) is 29.1 Å². The van der Waals surface area contributed by atoms with Gasteiger partial charge in [-0.05, 0) is 50.3 Å². The van der Waals surface area contributed by atoms with Gasteiger partial charge in [-0.1, -0.05) is 0 Å². The third-order valence-corrected chi connectivity index (χ3v) is 5.56. The molecule has 0 fully saturated rings. The number of ether oxygens (including phenoxy) is 1. The van der Waals surface area contributed by atoms with Crippen LogP contribution in [0.5, 0.6) is 0 Å². The van der Waals surface area contributed by atoms with Crippen LogP contribution in [0.1, 0.15) is 40.8 Å². The Morgan fingerprint density at radius 1 is 1.43 bits per heavy atom. The third-order valence-electron chi connectivity index (χ3n) is 4.37. The quantitative estimate of drug-likeness (QED) is 0.305. The summed E-state index contributed by atoms with van der Waals surface area (Å²) in [5.41, 5.74) is 1.63. The number of nitriles is 1. The summed E-state index contributed by atoms with van der Waals surface area (Å²) in [6.45, 7) is 3.49. The number of pyridine rings is 1. The van der Waals surface area contributed by atoms with Gasteiger partial charge in [0, 0.05) is 28.9 Å². The fourth-order valence-electron chi connectivity index (χ4n) is 3.30. The minimum Gasteiger partial charge on any atom is -0.339 e. The number of nitrogens with zero attached hydrogens (tertiary/aromatic N) is 3. The molecule has 0 bridgehead atoms. The molecule has 1 unspecified atom stereocenters. The summed E-state index contributed by atoms with van der Waals surface area (Å²) in [6.07, 6.45) is -4.62. The number of rotatable bonds is 6. The molecule has 160 valence electrons. The maximum atomic E-state index is 13.5. The molecule has 1 aliphatic heterocycles. The van der Waals surface area contributed by atoms with Gasteiger partial charge in [-0.15, -0.1) is 13.2 Å². The number of carbonyl (C=O) groups is 1. The molecule has 1 aliphatic rings. The number of amides is 1. The summed E-state index contributed by atoms with van der Waals surface area (Å²) in [7, 11) is 0. The number of halogens is 4. The van der Waals surface area contributed by atoms with Gasteiger partial charge in [-0.2, -0.15) is 9.65 Å². The van der Waals surface area contributed by atoms with Crippen LogP contribution in [-0.2, 0) is 17.7 Å². The zero-order chi connectivity index (χ0) is 22.1. The molecule has 1 atom stereocenters. The number of nitrogens with one attached hydrogen (secondary N) is 2. The molecule has 0 saturated heterocycles. The van der Waals surface area contributed by atoms with E-state index in [0.717, 1.165) is 30.1 Å². The maximum Gasteiger partial charge on any atom is 0.524 e. The molecule has 0 spiro atoms. The molecule has 2 N–H and O–H groups in total. The molecule has 3 heterocycles. The van der Waals surface area contributed by atoms with Crippen LogP contribution in [0.25, 0.3) is 0 Å². The van der Waals surface area contributed by atoms with Gasteiger partial charge in [-0.3, -0.25) is 9.53 Å². The molecule has 0 radical (unpaired) electrons. The number of carbonyl (C=O) groups excluding carboxylic acids is 1. The van der Waals surface area contributed by atoms with Crippen LogP contribution < -0.4 is 10.0 Å². The lowest BCUT2D eigenvalue weighted by Crippen LogP contribution is -2.30. The summed E-state index contributed by atoms with van der Waals surface area (Å²) in [5, 5.41) is 11.5. The molecular weight excluding hydrogens is 426 g/mol. The monoisotopic (exact) mass is 443 g/mol. The Labute approximate surface area is 173 Å². The molecule has 3 rings (SSSR count). The second kappa shape index (κ2) is 8.63. The molecule has 2 aromatic rings. The topological polar surface area (TPSA) is 92.0 Å². The van der Waals surface area contributed by atoms with Crippen molar-refractivity contribution in [3.8, 4) is 6.07 Å². The summed E-state index contributed by atoms with van der Waals surface area (Å²) < 4.78 is 58.9. The average Bonchev–Trinajstić information content (AvgIpc) is 3.18. The van der Waals surface area contributed by atoms with E-state index >= 15 is 0 Å². The summed E-state index contributed by atoms with van der Waals surface area (Å²) in [6, 6.07) is 3.95. The van der Waals surface area contributed by atoms with Crippen molar-refractivity contribution >= 4 is 23.5 Å². The molecule has 0 aliphatic carbocycles. The van der Waals surface area contributed by atoms with Gasteiger partial charge in [0.2, 0.25) is 5.95 Å². The van der Waals surface area contributed by atoms with Gasteiger partial charge in [0.1, 0.15) is 23.7 Å². The second-order valence-corrected chi connectivity index (χ2v) is 7.41. The van der Waals surface area contributed by atoms with Crippen molar-refractivity contribution in [1.29, 1.82) is 5.26 Å². The molecular formula is C18H17F4N5O2S. The molecule has 2 aromatic heterocycles. The fraction of sp³-hybridized carbons (Fsp3) is 0.389. The largest absolute Gasteiger partial charge is 0.524 e. The van der Waals surface area contributed by atoms with Gasteiger partial charge in [0.05, 0.1) is 0 Å². The van der Waals surface area contributed by atoms with Crippen LogP contribution in [-0.4, -0.2) is 28.0 Å². The zero-order valence-corrected chi connectivity index (χ0v) is 16.7. The van der Waals surface area contributed by atoms with Crippen LogP contribution in [0.3, 0.4) is 0 Å². The highest BCUT2D eigenvalue weighted by Crippen LogP contribution is 2.35. The smallest absolute Gasteiger partial charge is 0.339 e. The van der Waals surface area contributed by atoms with Gasteiger partial charge in [-0.25, -0.2) is 9.71 Å². The van der Waals surface area contributed by atoms with Crippen molar-refractivity contribution in [2.24, 2.45) is 0 Å². The Kier molecular flexibility index (Phi) is 6.35. The molecule has 30 heavy (non-hydrogen) atoms. The zero-order valence-electron chi connectivity index (χ0n) is 15.9. The van der Waals surface area contributed by atoms with Crippen LogP contribution in [0, 0.1) is 24.2 Å². The molecule has 0 saturated carbocycles. The van der Waals surface area contributed by atoms with Crippen molar-refractivity contribution in [2.45, 2.75) is 50.7 Å². The first-order valence-corrected chi connectivity index (χ1v) is 9.68. The van der Waals surface area contributed by atoms with E-state index in [-0.39, 0.29) is 11.4 Å². The van der Waals surface area contributed by atoms with Crippen LogP contribution >= 0.6 is 11.9 Å². The van der Waals surface area contributed by atoms with E-state index in [1.165, 1.54) is 13.0 Å². The lowest BCUT2D eigenvalue weighted by molar-refractivity contribution is -0.341. The Morgan fingerprint density at radius 2 is 2.17 bits per heavy atom. The summed E-state index contributed by atoms with van der Waals surface area (Å²) in [5.74, 6) is -1.42. The summed E-state index contributed by atoms with van der Waals surface area (Å²) in [4.78, 5) is 16.9. The van der Waals surface area contributed by atoms with Crippen molar-refractivity contribution in [3.63, 3.8) is 0 Å². The van der Waals surface area contributed by atoms with E-state index in [1.807, 2.05) is 0 Å². The SMILES string of the molecule is Cc1c(SNC(C)OC(F)(F)F)c2n(c1C(=O)Nc1cc(F)nc(C#N)c1)CCC2. The highest BCUT2D eigenvalue weighted by atomic mass is 32.2. The van der Waals surface area contributed by atoms with E-state index in [2.05, 4.69) is 19.8 Å². The first kappa shape index (κ1) is 22.1. The van der Waals surface area contributed by atoms with E-state index in [1.54, 1.807) is 17.6 Å². The van der Waals surface area contributed by atoms with Crippen molar-refractivity contribution in [2.75, 3.05) is 5.32 Å². The Balaban J connectivity index is 1.83. The molecule has 0 aromatic carbocycles. The first-order chi connectivity index (χ1) is 14.1. The predicted octanol–water partition coefficient (Wildman–Crippen LogP) is 3.88. The highest BCUT2D eigenvalue weighted by Gasteiger charge is 2.33. The van der Waals surface area contributed by atoms with E-state index in [4.69, 9.17) is 5.26 Å². The first-order valence-electron chi connectivity index (χ1n) is 8.87. The number of anilines is 1. The molecule has 7 nitrogen and oxygen atoms in total. The van der Waals surface area contributed by atoms with Gasteiger partial charge in [0.25, 0.3) is 5.91 Å². The van der Waals surface area contributed by atoms with Crippen molar-refractivity contribution in [1.82, 2.24) is 14.3 Å². The number of alkyl halides is 3. The Morgan fingerprint density at radius 3 is 2.83 bits per heavy atom. The minimum atomic E-state index is -4.77. The second-order valence-electron chi connectivity index (χ2n) is 6.56. The van der Waals surface area contributed by atoms with E-state index in [9.17, 15) is 22.4 Å². The number of hydrogen-bond acceptors (Lipinski definition) is 6. The minimum absolute atomic E-state index is 0.0801. The van der Waals surface area contributed by atoms with Crippen molar-refractivity contribution < 1.29 is 27.1 Å². The number of fused-ring (bicyclic) bond motifs is 1. The van der Waals surface area contributed by atoms with E-state index < -0.39 is 24.4 Å². The lowest BCUT2D eigenvalue weighted by atomic mass is 10.2. The molecule has 1 amide bonds. The summed E-state index contributed by atoms with van der Waals surface area (Å²) >= 11 is 0.965. The van der Waals surface area contributed by atoms with Crippen molar-refractivity contribution in [3.05, 3.63) is 40.7 Å².